The molecule has 150 valence electrons. The van der Waals surface area contributed by atoms with Crippen LogP contribution in [0.5, 0.6) is 11.5 Å². The Kier molecular flexibility index (Phi) is 6.56. The van der Waals surface area contributed by atoms with Gasteiger partial charge in [0, 0.05) is 12.2 Å². The monoisotopic (exact) mass is 458 g/mol. The Morgan fingerprint density at radius 3 is 2.41 bits per heavy atom. The Hall–Kier alpha value is -3.26. The largest absolute Gasteiger partial charge is 0.497 e. The summed E-state index contributed by atoms with van der Waals surface area (Å²) < 4.78 is 16.2. The van der Waals surface area contributed by atoms with E-state index in [1.807, 2.05) is 12.1 Å². The molecule has 1 heterocycles. The summed E-state index contributed by atoms with van der Waals surface area (Å²) in [6.45, 7) is 0.309. The zero-order valence-electron chi connectivity index (χ0n) is 15.8. The maximum atomic E-state index is 12.6. The minimum Gasteiger partial charge on any atom is -0.497 e. The van der Waals surface area contributed by atoms with Gasteiger partial charge < -0.3 is 24.5 Å². The summed E-state index contributed by atoms with van der Waals surface area (Å²) in [5, 5.41) is 5.59. The number of carbonyl (C=O) groups is 2. The van der Waals surface area contributed by atoms with Crippen LogP contribution in [0.4, 0.5) is 5.69 Å². The van der Waals surface area contributed by atoms with Crippen LogP contribution >= 0.6 is 15.9 Å². The second-order valence-corrected chi connectivity index (χ2v) is 6.86. The highest BCUT2D eigenvalue weighted by Crippen LogP contribution is 2.33. The predicted octanol–water partition coefficient (Wildman–Crippen LogP) is 4.24. The molecule has 8 heteroatoms. The number of benzene rings is 2. The van der Waals surface area contributed by atoms with Crippen molar-refractivity contribution in [3.63, 3.8) is 0 Å². The highest BCUT2D eigenvalue weighted by Gasteiger charge is 2.17. The van der Waals surface area contributed by atoms with Crippen LogP contribution in [-0.4, -0.2) is 26.0 Å². The summed E-state index contributed by atoms with van der Waals surface area (Å²) in [6, 6.07) is 13.7. The van der Waals surface area contributed by atoms with E-state index in [0.29, 0.717) is 33.8 Å². The number of amides is 2. The van der Waals surface area contributed by atoms with E-state index in [4.69, 9.17) is 13.9 Å². The van der Waals surface area contributed by atoms with Crippen LogP contribution in [-0.2, 0) is 6.54 Å². The average Bonchev–Trinajstić information content (AvgIpc) is 3.27. The number of carbonyl (C=O) groups excluding carboxylic acids is 2. The van der Waals surface area contributed by atoms with E-state index in [1.165, 1.54) is 20.5 Å². The molecule has 0 bridgehead atoms. The number of hydrogen-bond acceptors (Lipinski definition) is 5. The number of rotatable bonds is 7. The topological polar surface area (TPSA) is 89.8 Å². The lowest BCUT2D eigenvalue weighted by Gasteiger charge is -2.13. The summed E-state index contributed by atoms with van der Waals surface area (Å²) in [5.41, 5.74) is 1.86. The Balaban J connectivity index is 1.63. The van der Waals surface area contributed by atoms with Crippen molar-refractivity contribution in [2.45, 2.75) is 6.54 Å². The molecule has 2 aromatic carbocycles. The number of anilines is 1. The molecule has 2 N–H and O–H groups in total. The second-order valence-electron chi connectivity index (χ2n) is 6.00. The molecule has 2 amide bonds. The Morgan fingerprint density at radius 1 is 1.03 bits per heavy atom. The highest BCUT2D eigenvalue weighted by atomic mass is 79.9. The van der Waals surface area contributed by atoms with Crippen LogP contribution in [0.2, 0.25) is 0 Å². The summed E-state index contributed by atoms with van der Waals surface area (Å²) in [7, 11) is 3.03. The van der Waals surface area contributed by atoms with Gasteiger partial charge in [-0.2, -0.15) is 0 Å². The van der Waals surface area contributed by atoms with E-state index < -0.39 is 0 Å². The fourth-order valence-corrected chi connectivity index (χ4v) is 3.25. The maximum Gasteiger partial charge on any atom is 0.291 e. The van der Waals surface area contributed by atoms with Crippen molar-refractivity contribution < 1.29 is 23.5 Å². The molecule has 0 atom stereocenters. The van der Waals surface area contributed by atoms with Gasteiger partial charge in [-0.15, -0.1) is 0 Å². The van der Waals surface area contributed by atoms with Gasteiger partial charge in [-0.1, -0.05) is 12.1 Å². The lowest BCUT2D eigenvalue weighted by molar-refractivity contribution is 0.0946. The lowest BCUT2D eigenvalue weighted by atomic mass is 10.1. The fraction of sp³-hybridized carbons (Fsp3) is 0.143. The van der Waals surface area contributed by atoms with Crippen LogP contribution in [0.1, 0.15) is 26.5 Å². The molecule has 0 unspecified atom stereocenters. The van der Waals surface area contributed by atoms with Gasteiger partial charge in [0.2, 0.25) is 0 Å². The maximum absolute atomic E-state index is 12.6. The molecule has 0 saturated heterocycles. The van der Waals surface area contributed by atoms with Crippen molar-refractivity contribution in [1.29, 1.82) is 0 Å². The van der Waals surface area contributed by atoms with E-state index in [0.717, 1.165) is 5.56 Å². The molecule has 0 fully saturated rings. The standard InChI is InChI=1S/C21H19BrN2O5/c1-27-15-10-16(19(28-2)17(22)11-15)20(25)23-12-13-5-7-14(8-6-13)24-21(26)18-4-3-9-29-18/h3-11H,12H2,1-2H3,(H,23,25)(H,24,26). The first-order chi connectivity index (χ1) is 14.0. The van der Waals surface area contributed by atoms with Gasteiger partial charge in [0.05, 0.1) is 30.5 Å². The number of nitrogens with one attached hydrogen (secondary N) is 2. The molecule has 29 heavy (non-hydrogen) atoms. The van der Waals surface area contributed by atoms with Crippen molar-refractivity contribution in [3.8, 4) is 11.5 Å². The summed E-state index contributed by atoms with van der Waals surface area (Å²) in [4.78, 5) is 24.6. The predicted molar refractivity (Wildman–Crippen MR) is 112 cm³/mol. The molecular formula is C21H19BrN2O5. The second kappa shape index (κ2) is 9.29. The number of ether oxygens (including phenoxy) is 2. The molecule has 0 aliphatic rings. The van der Waals surface area contributed by atoms with Gasteiger partial charge in [-0.3, -0.25) is 9.59 Å². The van der Waals surface area contributed by atoms with E-state index in [-0.39, 0.29) is 17.6 Å². The third-order valence-electron chi connectivity index (χ3n) is 4.11. The van der Waals surface area contributed by atoms with Crippen molar-refractivity contribution in [2.24, 2.45) is 0 Å². The number of hydrogen-bond donors (Lipinski definition) is 2. The molecule has 3 rings (SSSR count). The summed E-state index contributed by atoms with van der Waals surface area (Å²) >= 11 is 3.38. The smallest absolute Gasteiger partial charge is 0.291 e. The van der Waals surface area contributed by atoms with Gasteiger partial charge in [-0.05, 0) is 57.9 Å². The van der Waals surface area contributed by atoms with Gasteiger partial charge >= 0.3 is 0 Å². The number of furan rings is 1. The first kappa shape index (κ1) is 20.5. The molecular weight excluding hydrogens is 440 g/mol. The van der Waals surface area contributed by atoms with E-state index in [2.05, 4.69) is 26.6 Å². The zero-order chi connectivity index (χ0) is 20.8. The molecule has 0 spiro atoms. The van der Waals surface area contributed by atoms with Crippen LogP contribution in [0.25, 0.3) is 0 Å². The third-order valence-corrected chi connectivity index (χ3v) is 4.70. The average molecular weight is 459 g/mol. The van der Waals surface area contributed by atoms with Gasteiger partial charge in [-0.25, -0.2) is 0 Å². The Morgan fingerprint density at radius 2 is 1.79 bits per heavy atom. The molecule has 0 aliphatic carbocycles. The third kappa shape index (κ3) is 4.97. The molecule has 0 radical (unpaired) electrons. The lowest BCUT2D eigenvalue weighted by Crippen LogP contribution is -2.23. The minimum atomic E-state index is -0.327. The molecule has 0 saturated carbocycles. The molecule has 7 nitrogen and oxygen atoms in total. The van der Waals surface area contributed by atoms with Crippen LogP contribution in [0, 0.1) is 0 Å². The SMILES string of the molecule is COc1cc(Br)c(OC)c(C(=O)NCc2ccc(NC(=O)c3ccco3)cc2)c1. The quantitative estimate of drug-likeness (QED) is 0.552. The fourth-order valence-electron chi connectivity index (χ4n) is 2.65. The Bertz CT molecular complexity index is 1000. The van der Waals surface area contributed by atoms with Crippen molar-refractivity contribution in [1.82, 2.24) is 5.32 Å². The van der Waals surface area contributed by atoms with E-state index >= 15 is 0 Å². The zero-order valence-corrected chi connectivity index (χ0v) is 17.4. The first-order valence-electron chi connectivity index (χ1n) is 8.65. The van der Waals surface area contributed by atoms with Crippen molar-refractivity contribution in [2.75, 3.05) is 19.5 Å². The number of halogens is 1. The summed E-state index contributed by atoms with van der Waals surface area (Å²) in [5.74, 6) is 0.585. The number of methoxy groups -OCH3 is 2. The van der Waals surface area contributed by atoms with Gasteiger partial charge in [0.1, 0.15) is 11.5 Å². The first-order valence-corrected chi connectivity index (χ1v) is 9.44. The van der Waals surface area contributed by atoms with Crippen molar-refractivity contribution >= 4 is 33.4 Å². The summed E-state index contributed by atoms with van der Waals surface area (Å²) in [6.07, 6.45) is 1.44. The van der Waals surface area contributed by atoms with Crippen LogP contribution < -0.4 is 20.1 Å². The van der Waals surface area contributed by atoms with E-state index in [9.17, 15) is 9.59 Å². The van der Waals surface area contributed by atoms with Crippen LogP contribution in [0.3, 0.4) is 0 Å². The minimum absolute atomic E-state index is 0.236. The molecule has 0 aliphatic heterocycles. The highest BCUT2D eigenvalue weighted by molar-refractivity contribution is 9.10. The van der Waals surface area contributed by atoms with Crippen molar-refractivity contribution in [3.05, 3.63) is 76.2 Å². The molecule has 1 aromatic heterocycles. The van der Waals surface area contributed by atoms with Gasteiger partial charge in [0.15, 0.2) is 5.76 Å². The normalized spacial score (nSPS) is 10.3. The van der Waals surface area contributed by atoms with Crippen LogP contribution in [0.15, 0.2) is 63.7 Å². The Labute approximate surface area is 176 Å². The van der Waals surface area contributed by atoms with Gasteiger partial charge in [0.25, 0.3) is 11.8 Å². The van der Waals surface area contributed by atoms with E-state index in [1.54, 1.807) is 36.4 Å². The molecule has 3 aromatic rings.